The lowest BCUT2D eigenvalue weighted by molar-refractivity contribution is -0.137. The van der Waals surface area contributed by atoms with Gasteiger partial charge >= 0.3 is 5.97 Å². The first-order valence-corrected chi connectivity index (χ1v) is 9.86. The minimum absolute atomic E-state index is 0.0552. The zero-order valence-corrected chi connectivity index (χ0v) is 16.0. The van der Waals surface area contributed by atoms with Gasteiger partial charge in [0.25, 0.3) is 0 Å². The Morgan fingerprint density at radius 3 is 2.41 bits per heavy atom. The molecule has 6 nitrogen and oxygen atoms in total. The van der Waals surface area contributed by atoms with E-state index < -0.39 is 5.97 Å². The summed E-state index contributed by atoms with van der Waals surface area (Å²) in [5.74, 6) is -0.594. The lowest BCUT2D eigenvalue weighted by Crippen LogP contribution is -2.30. The van der Waals surface area contributed by atoms with Crippen molar-refractivity contribution in [3.63, 3.8) is 0 Å². The molecule has 1 aromatic carbocycles. The molecule has 0 bridgehead atoms. The second-order valence-corrected chi connectivity index (χ2v) is 7.41. The van der Waals surface area contributed by atoms with Gasteiger partial charge < -0.3 is 15.7 Å². The normalized spacial score (nSPS) is 15.3. The maximum atomic E-state index is 12.7. The van der Waals surface area contributed by atoms with Crippen molar-refractivity contribution in [2.24, 2.45) is 11.8 Å². The first kappa shape index (κ1) is 20.9. The molecular formula is C21H30N2O4. The van der Waals surface area contributed by atoms with Crippen LogP contribution in [0.3, 0.4) is 0 Å². The number of carboxylic acids is 1. The smallest absolute Gasteiger partial charge is 0.322 e. The van der Waals surface area contributed by atoms with Crippen LogP contribution in [0.5, 0.6) is 0 Å². The van der Waals surface area contributed by atoms with Gasteiger partial charge in [0.1, 0.15) is 6.54 Å². The highest BCUT2D eigenvalue weighted by molar-refractivity contribution is 5.92. The quantitative estimate of drug-likeness (QED) is 0.585. The summed E-state index contributed by atoms with van der Waals surface area (Å²) in [6.07, 6.45) is 8.04. The Morgan fingerprint density at radius 2 is 1.81 bits per heavy atom. The Labute approximate surface area is 160 Å². The van der Waals surface area contributed by atoms with Gasteiger partial charge in [-0.3, -0.25) is 14.4 Å². The number of rotatable bonds is 10. The van der Waals surface area contributed by atoms with E-state index in [1.54, 1.807) is 24.3 Å². The molecule has 1 atom stereocenters. The van der Waals surface area contributed by atoms with Gasteiger partial charge in [-0.25, -0.2) is 0 Å². The molecule has 3 N–H and O–H groups in total. The highest BCUT2D eigenvalue weighted by atomic mass is 16.4. The van der Waals surface area contributed by atoms with Crippen LogP contribution in [0.4, 0.5) is 5.69 Å². The highest BCUT2D eigenvalue weighted by Crippen LogP contribution is 2.32. The van der Waals surface area contributed by atoms with Crippen molar-refractivity contribution >= 4 is 23.5 Å². The molecule has 0 aromatic heterocycles. The van der Waals surface area contributed by atoms with Gasteiger partial charge in [-0.1, -0.05) is 51.2 Å². The van der Waals surface area contributed by atoms with Crippen LogP contribution in [-0.2, 0) is 20.8 Å². The van der Waals surface area contributed by atoms with Crippen molar-refractivity contribution in [2.75, 3.05) is 11.9 Å². The van der Waals surface area contributed by atoms with Gasteiger partial charge in [-0.15, -0.1) is 0 Å². The fourth-order valence-electron chi connectivity index (χ4n) is 3.73. The fraction of sp³-hybridized carbons (Fsp3) is 0.571. The zero-order valence-electron chi connectivity index (χ0n) is 16.0. The molecule has 1 saturated carbocycles. The summed E-state index contributed by atoms with van der Waals surface area (Å²) in [4.78, 5) is 34.8. The largest absolute Gasteiger partial charge is 0.480 e. The summed E-state index contributed by atoms with van der Waals surface area (Å²) in [5.41, 5.74) is 1.49. The van der Waals surface area contributed by atoms with E-state index in [4.69, 9.17) is 5.11 Å². The lowest BCUT2D eigenvalue weighted by atomic mass is 9.89. The third-order valence-electron chi connectivity index (χ3n) is 5.12. The number of amides is 2. The van der Waals surface area contributed by atoms with E-state index in [-0.39, 0.29) is 30.7 Å². The Kier molecular flexibility index (Phi) is 8.30. The maximum absolute atomic E-state index is 12.7. The molecule has 0 radical (unpaired) electrons. The molecule has 2 amide bonds. The van der Waals surface area contributed by atoms with Gasteiger partial charge in [0.05, 0.1) is 6.42 Å². The summed E-state index contributed by atoms with van der Waals surface area (Å²) < 4.78 is 0. The molecule has 0 saturated heterocycles. The van der Waals surface area contributed by atoms with Gasteiger partial charge in [-0.2, -0.15) is 0 Å². The molecular weight excluding hydrogens is 344 g/mol. The first-order chi connectivity index (χ1) is 13.0. The molecule has 0 spiro atoms. The van der Waals surface area contributed by atoms with Gasteiger partial charge in [0.15, 0.2) is 0 Å². The number of carboxylic acid groups (broad SMARTS) is 1. The third kappa shape index (κ3) is 7.41. The zero-order chi connectivity index (χ0) is 19.6. The molecule has 2 rings (SSSR count). The molecule has 0 aliphatic heterocycles. The minimum Gasteiger partial charge on any atom is -0.480 e. The number of hydrogen-bond donors (Lipinski definition) is 3. The lowest BCUT2D eigenvalue weighted by Gasteiger charge is -2.19. The van der Waals surface area contributed by atoms with Crippen LogP contribution in [0.1, 0.15) is 57.4 Å². The molecule has 1 unspecified atom stereocenters. The number of carbonyl (C=O) groups excluding carboxylic acids is 2. The van der Waals surface area contributed by atoms with Crippen LogP contribution >= 0.6 is 0 Å². The average Bonchev–Trinajstić information content (AvgIpc) is 3.14. The van der Waals surface area contributed by atoms with Crippen LogP contribution in [0, 0.1) is 11.8 Å². The Morgan fingerprint density at radius 1 is 1.15 bits per heavy atom. The molecule has 1 fully saturated rings. The average molecular weight is 374 g/mol. The van der Waals surface area contributed by atoms with Crippen LogP contribution in [-0.4, -0.2) is 29.4 Å². The van der Waals surface area contributed by atoms with Crippen LogP contribution in [0.25, 0.3) is 0 Å². The van der Waals surface area contributed by atoms with Crippen molar-refractivity contribution in [2.45, 2.75) is 58.3 Å². The van der Waals surface area contributed by atoms with Crippen molar-refractivity contribution in [3.8, 4) is 0 Å². The standard InChI is InChI=1S/C21H30N2O4/c1-2-5-17(12-15-6-3-4-7-15)21(27)23-18-10-8-16(9-11-18)13-19(24)22-14-20(25)26/h8-11,15,17H,2-7,12-14H2,1H3,(H,22,24)(H,23,27)(H,25,26). The molecule has 148 valence electrons. The van der Waals surface area contributed by atoms with Crippen molar-refractivity contribution < 1.29 is 19.5 Å². The monoisotopic (exact) mass is 374 g/mol. The van der Waals surface area contributed by atoms with E-state index in [1.807, 2.05) is 0 Å². The predicted octanol–water partition coefficient (Wildman–Crippen LogP) is 3.37. The van der Waals surface area contributed by atoms with E-state index in [0.29, 0.717) is 5.92 Å². The van der Waals surface area contributed by atoms with Crippen molar-refractivity contribution in [3.05, 3.63) is 29.8 Å². The Bertz CT molecular complexity index is 636. The number of carbonyl (C=O) groups is 3. The maximum Gasteiger partial charge on any atom is 0.322 e. The van der Waals surface area contributed by atoms with Crippen LogP contribution < -0.4 is 10.6 Å². The van der Waals surface area contributed by atoms with Crippen molar-refractivity contribution in [1.82, 2.24) is 5.32 Å². The summed E-state index contributed by atoms with van der Waals surface area (Å²) in [5, 5.41) is 13.9. The highest BCUT2D eigenvalue weighted by Gasteiger charge is 2.24. The topological polar surface area (TPSA) is 95.5 Å². The summed E-state index contributed by atoms with van der Waals surface area (Å²) in [6, 6.07) is 7.14. The molecule has 1 aliphatic carbocycles. The number of benzene rings is 1. The van der Waals surface area contributed by atoms with Crippen molar-refractivity contribution in [1.29, 1.82) is 0 Å². The first-order valence-electron chi connectivity index (χ1n) is 9.86. The van der Waals surface area contributed by atoms with E-state index in [1.165, 1.54) is 25.7 Å². The third-order valence-corrected chi connectivity index (χ3v) is 5.12. The molecule has 27 heavy (non-hydrogen) atoms. The number of hydrogen-bond acceptors (Lipinski definition) is 3. The fourth-order valence-corrected chi connectivity index (χ4v) is 3.73. The molecule has 1 aromatic rings. The van der Waals surface area contributed by atoms with Crippen LogP contribution in [0.2, 0.25) is 0 Å². The number of anilines is 1. The minimum atomic E-state index is -1.07. The van der Waals surface area contributed by atoms with Crippen LogP contribution in [0.15, 0.2) is 24.3 Å². The molecule has 6 heteroatoms. The number of nitrogens with one attached hydrogen (secondary N) is 2. The molecule has 1 aliphatic rings. The number of aliphatic carboxylic acids is 1. The second kappa shape index (κ2) is 10.7. The van der Waals surface area contributed by atoms with Gasteiger partial charge in [0, 0.05) is 11.6 Å². The Hall–Kier alpha value is -2.37. The summed E-state index contributed by atoms with van der Waals surface area (Å²) in [7, 11) is 0. The SMILES string of the molecule is CCCC(CC1CCCC1)C(=O)Nc1ccc(CC(=O)NCC(=O)O)cc1. The van der Waals surface area contributed by atoms with E-state index in [9.17, 15) is 14.4 Å². The van der Waals surface area contributed by atoms with E-state index in [0.717, 1.165) is 30.5 Å². The molecule has 0 heterocycles. The predicted molar refractivity (Wildman–Crippen MR) is 104 cm³/mol. The summed E-state index contributed by atoms with van der Waals surface area (Å²) in [6.45, 7) is 1.73. The van der Waals surface area contributed by atoms with Gasteiger partial charge in [0.2, 0.25) is 11.8 Å². The summed E-state index contributed by atoms with van der Waals surface area (Å²) >= 11 is 0. The second-order valence-electron chi connectivity index (χ2n) is 7.41. The van der Waals surface area contributed by atoms with Gasteiger partial charge in [-0.05, 0) is 36.5 Å². The van der Waals surface area contributed by atoms with E-state index >= 15 is 0 Å². The Balaban J connectivity index is 1.86. The van der Waals surface area contributed by atoms with E-state index in [2.05, 4.69) is 17.6 Å².